The number of Topliss-reactive ketones (excluding diaryl/α,β-unsaturated/α-hetero) is 1. The van der Waals surface area contributed by atoms with Crippen molar-refractivity contribution in [2.75, 3.05) is 5.73 Å². The number of aromatic amines is 2. The Morgan fingerprint density at radius 3 is 1.60 bits per heavy atom. The fourth-order valence-electron chi connectivity index (χ4n) is 5.99. The van der Waals surface area contributed by atoms with Crippen LogP contribution in [-0.4, -0.2) is 73.9 Å². The van der Waals surface area contributed by atoms with Gasteiger partial charge in [-0.05, 0) is 114 Å². The molecule has 2 fully saturated rings. The zero-order chi connectivity index (χ0) is 39.8. The molecule has 2 aromatic heterocycles. The Morgan fingerprint density at radius 1 is 0.636 bits per heavy atom. The lowest BCUT2D eigenvalue weighted by Gasteiger charge is -2.32. The summed E-state index contributed by atoms with van der Waals surface area (Å²) in [5, 5.41) is 24.7. The Balaban J connectivity index is 0.000000157. The van der Waals surface area contributed by atoms with Crippen LogP contribution in [0.4, 0.5) is 5.69 Å². The van der Waals surface area contributed by atoms with Crippen LogP contribution in [0.3, 0.4) is 0 Å². The fourth-order valence-corrected chi connectivity index (χ4v) is 5.99. The number of carboxylic acids is 1. The number of hydrogen-bond acceptors (Lipinski definition) is 9. The molecule has 4 heterocycles. The molecule has 0 unspecified atom stereocenters. The number of H-pyrrole nitrogens is 2. The first-order chi connectivity index (χ1) is 25.8. The van der Waals surface area contributed by atoms with Crippen LogP contribution in [0.5, 0.6) is 0 Å². The number of aromatic nitrogens is 4. The molecule has 55 heavy (non-hydrogen) atoms. The SMILES string of the molecule is CC1(C)OB(c2cccc(C(=O)Cc3ccc4[nH]ncc4c3)c2)OC1(C)C.CC1(C)OB(c2cccc(C(=O)O)c2)OC1(C)C.Nc1ccc2[nH]ncc2c1. The third kappa shape index (κ3) is 8.68. The van der Waals surface area contributed by atoms with Gasteiger partial charge >= 0.3 is 20.2 Å². The molecule has 12 nitrogen and oxygen atoms in total. The highest BCUT2D eigenvalue weighted by molar-refractivity contribution is 6.62. The number of aromatic carboxylic acids is 1. The lowest BCUT2D eigenvalue weighted by atomic mass is 9.78. The van der Waals surface area contributed by atoms with Gasteiger partial charge in [0.1, 0.15) is 0 Å². The number of nitrogens with two attached hydrogens (primary N) is 1. The van der Waals surface area contributed by atoms with E-state index >= 15 is 0 Å². The highest BCUT2D eigenvalue weighted by Gasteiger charge is 2.52. The van der Waals surface area contributed by atoms with Crippen molar-refractivity contribution in [1.82, 2.24) is 20.4 Å². The standard InChI is InChI=1S/C21H23BN2O3.C13H17BO4.C7H7N3/c1-20(2)21(3,4)27-22(26-20)17-7-5-6-15(12-17)19(25)11-14-8-9-18-16(10-14)13-23-24-18;1-12(2)13(3,4)18-14(17-12)10-7-5-6-9(8-10)11(15)16;8-6-1-2-7-5(3-6)4-9-10-7/h5-10,12-13H,11H2,1-4H3,(H,23,24);5-8H,1-4H3,(H,15,16);1-4H,8H2,(H,9,10). The van der Waals surface area contributed by atoms with E-state index in [1.54, 1.807) is 30.6 Å². The third-order valence-electron chi connectivity index (χ3n) is 10.7. The van der Waals surface area contributed by atoms with Crippen LogP contribution >= 0.6 is 0 Å². The number of carbonyl (C=O) groups excluding carboxylic acids is 1. The van der Waals surface area contributed by atoms with Crippen LogP contribution in [0, 0.1) is 0 Å². The van der Waals surface area contributed by atoms with Gasteiger partial charge in [-0.3, -0.25) is 15.0 Å². The van der Waals surface area contributed by atoms with Crippen molar-refractivity contribution in [2.45, 2.75) is 84.2 Å². The molecule has 6 aromatic rings. The van der Waals surface area contributed by atoms with Gasteiger partial charge in [0.05, 0.1) is 51.4 Å². The average molecular weight is 743 g/mol. The first-order valence-corrected chi connectivity index (χ1v) is 18.1. The van der Waals surface area contributed by atoms with Gasteiger partial charge in [0, 0.05) is 28.4 Å². The fraction of sp³-hybridized carbons (Fsp3) is 0.317. The van der Waals surface area contributed by atoms with Crippen molar-refractivity contribution in [1.29, 1.82) is 0 Å². The van der Waals surface area contributed by atoms with Crippen molar-refractivity contribution in [3.8, 4) is 0 Å². The molecule has 5 N–H and O–H groups in total. The molecular formula is C41H47B2N5O7. The summed E-state index contributed by atoms with van der Waals surface area (Å²) in [6.07, 6.45) is 3.86. The molecule has 0 aliphatic carbocycles. The number of ketones is 1. The maximum absolute atomic E-state index is 12.8. The number of rotatable bonds is 6. The number of fused-ring (bicyclic) bond motifs is 2. The van der Waals surface area contributed by atoms with E-state index in [9.17, 15) is 9.59 Å². The second kappa shape index (κ2) is 15.1. The summed E-state index contributed by atoms with van der Waals surface area (Å²) >= 11 is 0. The Hall–Kier alpha value is -5.27. The topological polar surface area (TPSA) is 175 Å². The lowest BCUT2D eigenvalue weighted by molar-refractivity contribution is 0.00578. The number of anilines is 1. The lowest BCUT2D eigenvalue weighted by Crippen LogP contribution is -2.41. The second-order valence-corrected chi connectivity index (χ2v) is 15.8. The van der Waals surface area contributed by atoms with E-state index in [4.69, 9.17) is 29.5 Å². The Morgan fingerprint density at radius 2 is 1.09 bits per heavy atom. The van der Waals surface area contributed by atoms with E-state index in [0.29, 0.717) is 12.0 Å². The van der Waals surface area contributed by atoms with Gasteiger partial charge < -0.3 is 29.5 Å². The Kier molecular flexibility index (Phi) is 10.8. The summed E-state index contributed by atoms with van der Waals surface area (Å²) in [6.45, 7) is 16.0. The van der Waals surface area contributed by atoms with Gasteiger partial charge in [-0.1, -0.05) is 42.5 Å². The molecular weight excluding hydrogens is 696 g/mol. The van der Waals surface area contributed by atoms with E-state index < -0.39 is 42.6 Å². The highest BCUT2D eigenvalue weighted by atomic mass is 16.7. The first kappa shape index (κ1) is 39.4. The maximum Gasteiger partial charge on any atom is 0.494 e. The van der Waals surface area contributed by atoms with Crippen molar-refractivity contribution in [3.63, 3.8) is 0 Å². The van der Waals surface area contributed by atoms with Crippen molar-refractivity contribution in [3.05, 3.63) is 114 Å². The van der Waals surface area contributed by atoms with Gasteiger partial charge in [-0.25, -0.2) is 4.79 Å². The summed E-state index contributed by atoms with van der Waals surface area (Å²) in [7, 11) is -0.987. The zero-order valence-corrected chi connectivity index (χ0v) is 32.5. The summed E-state index contributed by atoms with van der Waals surface area (Å²) in [6, 6.07) is 25.7. The third-order valence-corrected chi connectivity index (χ3v) is 10.7. The van der Waals surface area contributed by atoms with E-state index in [1.165, 1.54) is 0 Å². The minimum absolute atomic E-state index is 0.0659. The Bertz CT molecular complexity index is 2300. The van der Waals surface area contributed by atoms with E-state index in [0.717, 1.165) is 44.0 Å². The molecule has 0 bridgehead atoms. The number of carboxylic acid groups (broad SMARTS) is 1. The maximum atomic E-state index is 12.8. The minimum atomic E-state index is -0.951. The van der Waals surface area contributed by atoms with E-state index in [-0.39, 0.29) is 11.3 Å². The molecule has 0 amide bonds. The van der Waals surface area contributed by atoms with Crippen molar-refractivity contribution >= 4 is 64.4 Å². The molecule has 0 atom stereocenters. The molecule has 2 aliphatic rings. The molecule has 8 rings (SSSR count). The number of carbonyl (C=O) groups is 2. The largest absolute Gasteiger partial charge is 0.494 e. The molecule has 0 spiro atoms. The quantitative estimate of drug-likeness (QED) is 0.0885. The first-order valence-electron chi connectivity index (χ1n) is 18.1. The summed E-state index contributed by atoms with van der Waals surface area (Å²) in [4.78, 5) is 23.7. The summed E-state index contributed by atoms with van der Waals surface area (Å²) < 4.78 is 23.9. The smallest absolute Gasteiger partial charge is 0.478 e. The van der Waals surface area contributed by atoms with Gasteiger partial charge in [-0.2, -0.15) is 10.2 Å². The monoisotopic (exact) mass is 743 g/mol. The molecule has 284 valence electrons. The van der Waals surface area contributed by atoms with Crippen LogP contribution in [0.2, 0.25) is 0 Å². The molecule has 0 saturated carbocycles. The highest BCUT2D eigenvalue weighted by Crippen LogP contribution is 2.37. The Labute approximate surface area is 321 Å². The van der Waals surface area contributed by atoms with Gasteiger partial charge in [0.2, 0.25) is 0 Å². The van der Waals surface area contributed by atoms with Gasteiger partial charge in [-0.15, -0.1) is 0 Å². The van der Waals surface area contributed by atoms with Crippen molar-refractivity contribution in [2.24, 2.45) is 0 Å². The van der Waals surface area contributed by atoms with Crippen LogP contribution in [-0.2, 0) is 25.0 Å². The van der Waals surface area contributed by atoms with Crippen LogP contribution in [0.15, 0.2) is 97.3 Å². The molecule has 0 radical (unpaired) electrons. The van der Waals surface area contributed by atoms with Gasteiger partial charge in [0.15, 0.2) is 5.78 Å². The van der Waals surface area contributed by atoms with Crippen LogP contribution in [0.25, 0.3) is 21.8 Å². The zero-order valence-electron chi connectivity index (χ0n) is 32.5. The van der Waals surface area contributed by atoms with Gasteiger partial charge in [0.25, 0.3) is 0 Å². The van der Waals surface area contributed by atoms with Crippen molar-refractivity contribution < 1.29 is 33.3 Å². The molecule has 14 heteroatoms. The second-order valence-electron chi connectivity index (χ2n) is 15.8. The molecule has 2 saturated heterocycles. The van der Waals surface area contributed by atoms with E-state index in [1.807, 2.05) is 122 Å². The summed E-state index contributed by atoms with van der Waals surface area (Å²) in [5.41, 5.74) is 10.1. The minimum Gasteiger partial charge on any atom is -0.478 e. The molecule has 2 aliphatic heterocycles. The number of benzene rings is 4. The number of hydrogen-bond donors (Lipinski definition) is 4. The number of nitrogens with one attached hydrogen (secondary N) is 2. The normalized spacial score (nSPS) is 17.7. The average Bonchev–Trinajstić information content (AvgIpc) is 3.89. The summed E-state index contributed by atoms with van der Waals surface area (Å²) in [5.74, 6) is -0.885. The predicted octanol–water partition coefficient (Wildman–Crippen LogP) is 6.12. The van der Waals surface area contributed by atoms with E-state index in [2.05, 4.69) is 20.4 Å². The predicted molar refractivity (Wildman–Crippen MR) is 216 cm³/mol. The van der Waals surface area contributed by atoms with Crippen LogP contribution in [0.1, 0.15) is 81.7 Å². The molecule has 4 aromatic carbocycles. The van der Waals surface area contributed by atoms with Crippen LogP contribution < -0.4 is 16.7 Å². The number of nitrogen functional groups attached to an aromatic ring is 1. The number of nitrogens with zero attached hydrogens (tertiary/aromatic N) is 2.